The normalized spacial score (nSPS) is 12.3. The van der Waals surface area contributed by atoms with E-state index in [9.17, 15) is 4.79 Å². The van der Waals surface area contributed by atoms with Crippen LogP contribution in [0.3, 0.4) is 0 Å². The lowest BCUT2D eigenvalue weighted by molar-refractivity contribution is 0.0588. The van der Waals surface area contributed by atoms with E-state index >= 15 is 0 Å². The van der Waals surface area contributed by atoms with Gasteiger partial charge in [-0.2, -0.15) is 0 Å². The van der Waals surface area contributed by atoms with Crippen molar-refractivity contribution in [3.8, 4) is 0 Å². The Morgan fingerprint density at radius 1 is 1.32 bits per heavy atom. The largest absolute Gasteiger partial charge is 0.382 e. The van der Waals surface area contributed by atoms with Crippen LogP contribution < -0.4 is 0 Å². The average Bonchev–Trinajstić information content (AvgIpc) is 2.94. The minimum Gasteiger partial charge on any atom is -0.382 e. The molecule has 0 aliphatic carbocycles. The fourth-order valence-corrected chi connectivity index (χ4v) is 2.96. The van der Waals surface area contributed by atoms with Crippen molar-refractivity contribution in [2.45, 2.75) is 19.9 Å². The van der Waals surface area contributed by atoms with Gasteiger partial charge in [-0.3, -0.25) is 14.2 Å². The maximum Gasteiger partial charge on any atom is 0.273 e. The molecular formula is C19H22N4O2. The van der Waals surface area contributed by atoms with E-state index in [0.29, 0.717) is 18.0 Å². The number of likely N-dealkylation sites (N-methyl/N-ethyl adjacent to an activating group) is 1. The predicted molar refractivity (Wildman–Crippen MR) is 95.6 cm³/mol. The number of hydrogen-bond donors (Lipinski definition) is 0. The highest BCUT2D eigenvalue weighted by Crippen LogP contribution is 2.22. The Morgan fingerprint density at radius 2 is 2.12 bits per heavy atom. The highest BCUT2D eigenvalue weighted by molar-refractivity contribution is 5.94. The molecule has 0 unspecified atom stereocenters. The van der Waals surface area contributed by atoms with Crippen LogP contribution in [0.1, 0.15) is 33.5 Å². The molecule has 0 N–H and O–H groups in total. The van der Waals surface area contributed by atoms with Crippen molar-refractivity contribution in [2.24, 2.45) is 0 Å². The maximum absolute atomic E-state index is 13.2. The Kier molecular flexibility index (Phi) is 4.81. The number of carbonyl (C=O) groups is 1. The number of pyridine rings is 2. The van der Waals surface area contributed by atoms with Gasteiger partial charge in [-0.15, -0.1) is 0 Å². The number of fused-ring (bicyclic) bond motifs is 1. The summed E-state index contributed by atoms with van der Waals surface area (Å²) in [5.41, 5.74) is 3.95. The summed E-state index contributed by atoms with van der Waals surface area (Å²) in [7, 11) is 3.39. The molecule has 0 aliphatic rings. The van der Waals surface area contributed by atoms with Crippen molar-refractivity contribution in [3.05, 3.63) is 65.4 Å². The zero-order valence-electron chi connectivity index (χ0n) is 14.9. The lowest BCUT2D eigenvalue weighted by Gasteiger charge is -2.27. The van der Waals surface area contributed by atoms with Gasteiger partial charge in [-0.25, -0.2) is 4.98 Å². The molecule has 1 atom stereocenters. The highest BCUT2D eigenvalue weighted by Gasteiger charge is 2.27. The first-order valence-corrected chi connectivity index (χ1v) is 8.15. The Balaban J connectivity index is 2.00. The standard InChI is InChI=1S/C19H22N4O2/c1-13-8-10-23-17(11-13)21-14(2)18(23)19(24)22(3)16(12-25-4)15-7-5-6-9-20-15/h5-11,16H,12H2,1-4H3/t16-/m1/s1. The number of aromatic nitrogens is 3. The van der Waals surface area contributed by atoms with E-state index in [1.165, 1.54) is 0 Å². The van der Waals surface area contributed by atoms with Crippen molar-refractivity contribution in [1.29, 1.82) is 0 Å². The first kappa shape index (κ1) is 17.1. The first-order valence-electron chi connectivity index (χ1n) is 8.15. The van der Waals surface area contributed by atoms with E-state index in [0.717, 1.165) is 16.9 Å². The molecule has 0 fully saturated rings. The van der Waals surface area contributed by atoms with Crippen molar-refractivity contribution >= 4 is 11.6 Å². The molecule has 0 radical (unpaired) electrons. The third kappa shape index (κ3) is 3.25. The van der Waals surface area contributed by atoms with Gasteiger partial charge in [0, 0.05) is 26.6 Å². The van der Waals surface area contributed by atoms with Crippen LogP contribution in [0.25, 0.3) is 5.65 Å². The first-order chi connectivity index (χ1) is 12.0. The van der Waals surface area contributed by atoms with Crippen LogP contribution in [0.2, 0.25) is 0 Å². The number of rotatable bonds is 5. The van der Waals surface area contributed by atoms with Crippen LogP contribution >= 0.6 is 0 Å². The summed E-state index contributed by atoms with van der Waals surface area (Å²) in [6.45, 7) is 4.23. The molecule has 0 aromatic carbocycles. The number of imidazole rings is 1. The van der Waals surface area contributed by atoms with Gasteiger partial charge >= 0.3 is 0 Å². The van der Waals surface area contributed by atoms with Crippen LogP contribution in [0.4, 0.5) is 0 Å². The molecule has 0 saturated heterocycles. The molecule has 3 rings (SSSR count). The smallest absolute Gasteiger partial charge is 0.273 e. The number of amides is 1. The Bertz CT molecular complexity index is 889. The van der Waals surface area contributed by atoms with Crippen LogP contribution in [-0.4, -0.2) is 45.9 Å². The van der Waals surface area contributed by atoms with Gasteiger partial charge in [0.05, 0.1) is 24.0 Å². The van der Waals surface area contributed by atoms with Crippen LogP contribution in [0.15, 0.2) is 42.7 Å². The SMILES string of the molecule is COC[C@H](c1ccccn1)N(C)C(=O)c1c(C)nc2cc(C)ccn12. The number of ether oxygens (including phenoxy) is 1. The summed E-state index contributed by atoms with van der Waals surface area (Å²) in [6.07, 6.45) is 3.61. The molecule has 0 bridgehead atoms. The molecule has 1 amide bonds. The number of aryl methyl sites for hydroxylation is 2. The number of nitrogens with zero attached hydrogens (tertiary/aromatic N) is 4. The molecule has 0 spiro atoms. The Morgan fingerprint density at radius 3 is 2.80 bits per heavy atom. The summed E-state index contributed by atoms with van der Waals surface area (Å²) in [4.78, 5) is 23.8. The molecule has 3 heterocycles. The van der Waals surface area contributed by atoms with E-state index in [1.54, 1.807) is 25.3 Å². The van der Waals surface area contributed by atoms with Gasteiger partial charge < -0.3 is 9.64 Å². The van der Waals surface area contributed by atoms with Gasteiger partial charge in [0.15, 0.2) is 0 Å². The molecule has 130 valence electrons. The van der Waals surface area contributed by atoms with Crippen molar-refractivity contribution in [1.82, 2.24) is 19.3 Å². The van der Waals surface area contributed by atoms with Gasteiger partial charge in [0.1, 0.15) is 11.3 Å². The van der Waals surface area contributed by atoms with E-state index in [2.05, 4.69) is 9.97 Å². The lowest BCUT2D eigenvalue weighted by atomic mass is 10.1. The third-order valence-electron chi connectivity index (χ3n) is 4.30. The van der Waals surface area contributed by atoms with Crippen molar-refractivity contribution < 1.29 is 9.53 Å². The van der Waals surface area contributed by atoms with Crippen LogP contribution in [0, 0.1) is 13.8 Å². The molecule has 3 aromatic heterocycles. The third-order valence-corrected chi connectivity index (χ3v) is 4.30. The summed E-state index contributed by atoms with van der Waals surface area (Å²) in [6, 6.07) is 9.33. The second-order valence-corrected chi connectivity index (χ2v) is 6.12. The summed E-state index contributed by atoms with van der Waals surface area (Å²) < 4.78 is 7.16. The van der Waals surface area contributed by atoms with Gasteiger partial charge in [-0.05, 0) is 43.7 Å². The molecular weight excluding hydrogens is 316 g/mol. The topological polar surface area (TPSA) is 59.7 Å². The molecule has 25 heavy (non-hydrogen) atoms. The van der Waals surface area contributed by atoms with E-state index in [-0.39, 0.29) is 11.9 Å². The quantitative estimate of drug-likeness (QED) is 0.718. The zero-order chi connectivity index (χ0) is 18.0. The van der Waals surface area contributed by atoms with E-state index in [1.807, 2.05) is 54.8 Å². The fourth-order valence-electron chi connectivity index (χ4n) is 2.96. The summed E-state index contributed by atoms with van der Waals surface area (Å²) in [5, 5.41) is 0. The maximum atomic E-state index is 13.2. The van der Waals surface area contributed by atoms with Gasteiger partial charge in [-0.1, -0.05) is 6.07 Å². The summed E-state index contributed by atoms with van der Waals surface area (Å²) >= 11 is 0. The van der Waals surface area contributed by atoms with Gasteiger partial charge in [0.2, 0.25) is 0 Å². The molecule has 0 aliphatic heterocycles. The summed E-state index contributed by atoms with van der Waals surface area (Å²) in [5.74, 6) is -0.110. The minimum atomic E-state index is -0.269. The van der Waals surface area contributed by atoms with Crippen LogP contribution in [-0.2, 0) is 4.74 Å². The van der Waals surface area contributed by atoms with Crippen molar-refractivity contribution in [2.75, 3.05) is 20.8 Å². The van der Waals surface area contributed by atoms with Gasteiger partial charge in [0.25, 0.3) is 5.91 Å². The second kappa shape index (κ2) is 7.03. The second-order valence-electron chi connectivity index (χ2n) is 6.12. The Hall–Kier alpha value is -2.73. The van der Waals surface area contributed by atoms with E-state index in [4.69, 9.17) is 4.74 Å². The van der Waals surface area contributed by atoms with E-state index < -0.39 is 0 Å². The number of methoxy groups -OCH3 is 1. The van der Waals surface area contributed by atoms with Crippen LogP contribution in [0.5, 0.6) is 0 Å². The molecule has 0 saturated carbocycles. The molecule has 3 aromatic rings. The van der Waals surface area contributed by atoms with Crippen molar-refractivity contribution in [3.63, 3.8) is 0 Å². The zero-order valence-corrected chi connectivity index (χ0v) is 14.9. The predicted octanol–water partition coefficient (Wildman–Crippen LogP) is 2.81. The molecule has 6 nitrogen and oxygen atoms in total. The Labute approximate surface area is 147 Å². The highest BCUT2D eigenvalue weighted by atomic mass is 16.5. The number of hydrogen-bond acceptors (Lipinski definition) is 4. The fraction of sp³-hybridized carbons (Fsp3) is 0.316. The minimum absolute atomic E-state index is 0.110. The number of carbonyl (C=O) groups excluding carboxylic acids is 1. The molecule has 6 heteroatoms. The average molecular weight is 338 g/mol. The lowest BCUT2D eigenvalue weighted by Crippen LogP contribution is -2.35. The monoisotopic (exact) mass is 338 g/mol.